The maximum absolute atomic E-state index is 13.5. The Balaban J connectivity index is 1.86. The van der Waals surface area contributed by atoms with Crippen molar-refractivity contribution in [2.45, 2.75) is 51.0 Å². The molecule has 3 aromatic rings. The minimum absolute atomic E-state index is 0.0170. The van der Waals surface area contributed by atoms with Crippen molar-refractivity contribution in [3.05, 3.63) is 63.4 Å². The van der Waals surface area contributed by atoms with E-state index in [1.54, 1.807) is 30.3 Å². The molecular weight excluding hydrogens is 454 g/mol. The Morgan fingerprint density at radius 3 is 2.35 bits per heavy atom. The van der Waals surface area contributed by atoms with Crippen LogP contribution in [0.4, 0.5) is 5.69 Å². The maximum Gasteiger partial charge on any atom is 0.270 e. The van der Waals surface area contributed by atoms with Gasteiger partial charge in [0.05, 0.1) is 25.6 Å². The molecule has 0 unspecified atom stereocenters. The van der Waals surface area contributed by atoms with Crippen molar-refractivity contribution >= 4 is 15.7 Å². The van der Waals surface area contributed by atoms with E-state index < -0.39 is 10.0 Å². The molecule has 4 rings (SSSR count). The van der Waals surface area contributed by atoms with E-state index in [2.05, 4.69) is 9.82 Å². The van der Waals surface area contributed by atoms with Gasteiger partial charge in [0, 0.05) is 17.7 Å². The van der Waals surface area contributed by atoms with Crippen LogP contribution in [-0.2, 0) is 29.4 Å². The van der Waals surface area contributed by atoms with Gasteiger partial charge in [-0.1, -0.05) is 6.07 Å². The first-order chi connectivity index (χ1) is 16.3. The Kier molecular flexibility index (Phi) is 6.65. The molecule has 1 aliphatic carbocycles. The van der Waals surface area contributed by atoms with E-state index in [0.717, 1.165) is 36.0 Å². The maximum atomic E-state index is 13.5. The van der Waals surface area contributed by atoms with Gasteiger partial charge in [-0.25, -0.2) is 13.1 Å². The lowest BCUT2D eigenvalue weighted by atomic mass is 9.90. The summed E-state index contributed by atoms with van der Waals surface area (Å²) in [5, 5.41) is 4.60. The number of aromatic nitrogens is 2. The number of sulfonamides is 1. The number of rotatable bonds is 7. The van der Waals surface area contributed by atoms with Crippen LogP contribution in [0.5, 0.6) is 11.5 Å². The molecule has 0 radical (unpaired) electrons. The molecule has 9 heteroatoms. The van der Waals surface area contributed by atoms with E-state index in [-0.39, 0.29) is 16.2 Å². The first-order valence-corrected chi connectivity index (χ1v) is 12.8. The summed E-state index contributed by atoms with van der Waals surface area (Å²) in [7, 11) is -1.12. The van der Waals surface area contributed by atoms with Gasteiger partial charge in [-0.15, -0.1) is 0 Å². The van der Waals surface area contributed by atoms with Crippen molar-refractivity contribution < 1.29 is 17.9 Å². The average Bonchev–Trinajstić information content (AvgIpc) is 2.84. The van der Waals surface area contributed by atoms with E-state index in [4.69, 9.17) is 9.47 Å². The van der Waals surface area contributed by atoms with Crippen LogP contribution in [0.3, 0.4) is 0 Å². The molecule has 34 heavy (non-hydrogen) atoms. The summed E-state index contributed by atoms with van der Waals surface area (Å²) in [5.41, 5.74) is 4.11. The molecular formula is C25H29N3O5S. The van der Waals surface area contributed by atoms with E-state index >= 15 is 0 Å². The molecule has 0 bridgehead atoms. The van der Waals surface area contributed by atoms with Crippen LogP contribution >= 0.6 is 0 Å². The minimum atomic E-state index is -4.03. The zero-order valence-electron chi connectivity index (χ0n) is 19.8. The molecule has 0 fully saturated rings. The average molecular weight is 484 g/mol. The third-order valence-electron chi connectivity index (χ3n) is 6.09. The summed E-state index contributed by atoms with van der Waals surface area (Å²) in [5.74, 6) is 0.621. The number of hydrogen-bond donors (Lipinski definition) is 1. The molecule has 0 aliphatic heterocycles. The Morgan fingerprint density at radius 2 is 1.68 bits per heavy atom. The SMILES string of the molecule is CCn1nc(-c2ccc(OC)c(S(=O)(=O)Nc3cc(C)ccc3OC)c2)c2c(c1=O)CCCC2. The number of benzene rings is 2. The predicted molar refractivity (Wildman–Crippen MR) is 131 cm³/mol. The molecule has 8 nitrogen and oxygen atoms in total. The highest BCUT2D eigenvalue weighted by molar-refractivity contribution is 7.92. The molecule has 1 aliphatic rings. The van der Waals surface area contributed by atoms with Crippen molar-refractivity contribution in [3.8, 4) is 22.8 Å². The second-order valence-corrected chi connectivity index (χ2v) is 9.96. The molecule has 1 aromatic heterocycles. The van der Waals surface area contributed by atoms with Gasteiger partial charge >= 0.3 is 0 Å². The standard InChI is InChI=1S/C25H29N3O5S/c1-5-28-25(29)19-9-7-6-8-18(19)24(26-28)17-11-13-22(33-4)23(15-17)34(30,31)27-20-14-16(2)10-12-21(20)32-3/h10-15,27H,5-9H2,1-4H3. The zero-order valence-corrected chi connectivity index (χ0v) is 20.7. The number of hydrogen-bond acceptors (Lipinski definition) is 6. The van der Waals surface area contributed by atoms with Crippen molar-refractivity contribution in [2.75, 3.05) is 18.9 Å². The number of nitrogens with one attached hydrogen (secondary N) is 1. The molecule has 0 atom stereocenters. The highest BCUT2D eigenvalue weighted by atomic mass is 32.2. The van der Waals surface area contributed by atoms with E-state index in [9.17, 15) is 13.2 Å². The van der Waals surface area contributed by atoms with Crippen molar-refractivity contribution in [2.24, 2.45) is 0 Å². The molecule has 0 spiro atoms. The van der Waals surface area contributed by atoms with Crippen LogP contribution in [0, 0.1) is 6.92 Å². The largest absolute Gasteiger partial charge is 0.495 e. The number of anilines is 1. The van der Waals surface area contributed by atoms with Gasteiger partial charge in [0.25, 0.3) is 15.6 Å². The Bertz CT molecular complexity index is 1400. The number of ether oxygens (including phenoxy) is 2. The van der Waals surface area contributed by atoms with E-state index in [1.807, 2.05) is 19.9 Å². The second-order valence-electron chi connectivity index (χ2n) is 8.31. The van der Waals surface area contributed by atoms with Crippen LogP contribution in [0.15, 0.2) is 46.1 Å². The van der Waals surface area contributed by atoms with Gasteiger partial charge < -0.3 is 9.47 Å². The summed E-state index contributed by atoms with van der Waals surface area (Å²) in [6.45, 7) is 4.18. The Hall–Kier alpha value is -3.33. The summed E-state index contributed by atoms with van der Waals surface area (Å²) in [6, 6.07) is 10.2. The fourth-order valence-electron chi connectivity index (χ4n) is 4.37. The predicted octanol–water partition coefficient (Wildman–Crippen LogP) is 3.94. The van der Waals surface area contributed by atoms with Crippen molar-refractivity contribution in [3.63, 3.8) is 0 Å². The lowest BCUT2D eigenvalue weighted by molar-refractivity contribution is 0.403. The molecule has 0 amide bonds. The lowest BCUT2D eigenvalue weighted by Crippen LogP contribution is -2.30. The summed E-state index contributed by atoms with van der Waals surface area (Å²) in [6.07, 6.45) is 3.37. The van der Waals surface area contributed by atoms with Crippen LogP contribution in [0.1, 0.15) is 36.5 Å². The van der Waals surface area contributed by atoms with Crippen molar-refractivity contribution in [1.29, 1.82) is 0 Å². The van der Waals surface area contributed by atoms with Gasteiger partial charge in [0.2, 0.25) is 0 Å². The smallest absolute Gasteiger partial charge is 0.270 e. The third kappa shape index (κ3) is 4.40. The molecule has 2 aromatic carbocycles. The number of fused-ring (bicyclic) bond motifs is 1. The highest BCUT2D eigenvalue weighted by Crippen LogP contribution is 2.35. The van der Waals surface area contributed by atoms with Crippen LogP contribution in [0.2, 0.25) is 0 Å². The normalized spacial score (nSPS) is 13.3. The van der Waals surface area contributed by atoms with Crippen LogP contribution in [-0.4, -0.2) is 32.4 Å². The fraction of sp³-hybridized carbons (Fsp3) is 0.360. The molecule has 0 saturated carbocycles. The first kappa shape index (κ1) is 23.8. The van der Waals surface area contributed by atoms with Gasteiger partial charge in [-0.3, -0.25) is 9.52 Å². The molecule has 1 N–H and O–H groups in total. The van der Waals surface area contributed by atoms with E-state index in [1.165, 1.54) is 18.9 Å². The monoisotopic (exact) mass is 483 g/mol. The summed E-state index contributed by atoms with van der Waals surface area (Å²) in [4.78, 5) is 12.8. The fourth-order valence-corrected chi connectivity index (χ4v) is 5.62. The molecule has 0 saturated heterocycles. The second kappa shape index (κ2) is 9.50. The van der Waals surface area contributed by atoms with Crippen LogP contribution < -0.4 is 19.8 Å². The quantitative estimate of drug-likeness (QED) is 0.547. The van der Waals surface area contributed by atoms with Gasteiger partial charge in [0.1, 0.15) is 16.4 Å². The molecule has 1 heterocycles. The first-order valence-electron chi connectivity index (χ1n) is 11.3. The Morgan fingerprint density at radius 1 is 1.00 bits per heavy atom. The van der Waals surface area contributed by atoms with Gasteiger partial charge in [0.15, 0.2) is 0 Å². The topological polar surface area (TPSA) is 99.5 Å². The van der Waals surface area contributed by atoms with Gasteiger partial charge in [-0.05, 0) is 81.0 Å². The molecule has 180 valence electrons. The minimum Gasteiger partial charge on any atom is -0.495 e. The number of nitrogens with zero attached hydrogens (tertiary/aromatic N) is 2. The highest BCUT2D eigenvalue weighted by Gasteiger charge is 2.25. The van der Waals surface area contributed by atoms with E-state index in [0.29, 0.717) is 35.7 Å². The lowest BCUT2D eigenvalue weighted by Gasteiger charge is -2.21. The summed E-state index contributed by atoms with van der Waals surface area (Å²) < 4.78 is 41.8. The van der Waals surface area contributed by atoms with Crippen LogP contribution in [0.25, 0.3) is 11.3 Å². The zero-order chi connectivity index (χ0) is 24.5. The number of methoxy groups -OCH3 is 2. The Labute approximate surface area is 199 Å². The number of aryl methyl sites for hydroxylation is 2. The van der Waals surface area contributed by atoms with Crippen molar-refractivity contribution in [1.82, 2.24) is 9.78 Å². The van der Waals surface area contributed by atoms with Gasteiger partial charge in [-0.2, -0.15) is 5.10 Å². The summed E-state index contributed by atoms with van der Waals surface area (Å²) >= 11 is 0. The third-order valence-corrected chi connectivity index (χ3v) is 7.48.